The fourth-order valence-corrected chi connectivity index (χ4v) is 2.06. The van der Waals surface area contributed by atoms with E-state index in [9.17, 15) is 10.1 Å². The molecule has 7 heteroatoms. The molecule has 0 aliphatic heterocycles. The molecule has 0 saturated carbocycles. The zero-order valence-electron chi connectivity index (χ0n) is 11.5. The number of nitrogens with zero attached hydrogens (tertiary/aromatic N) is 4. The molecule has 7 nitrogen and oxygen atoms in total. The van der Waals surface area contributed by atoms with Crippen molar-refractivity contribution < 1.29 is 4.92 Å². The molecule has 1 N–H and O–H groups in total. The van der Waals surface area contributed by atoms with Crippen molar-refractivity contribution in [3.63, 3.8) is 0 Å². The minimum atomic E-state index is -0.355. The predicted octanol–water partition coefficient (Wildman–Crippen LogP) is 1.80. The highest BCUT2D eigenvalue weighted by Gasteiger charge is 2.12. The first-order valence-electron chi connectivity index (χ1n) is 6.43. The maximum Gasteiger partial charge on any atom is 0.272 e. The van der Waals surface area contributed by atoms with Crippen LogP contribution >= 0.6 is 0 Å². The fourth-order valence-electron chi connectivity index (χ4n) is 2.06. The number of benzene rings is 1. The third kappa shape index (κ3) is 3.00. The molecule has 0 bridgehead atoms. The molecule has 0 amide bonds. The maximum atomic E-state index is 10.9. The van der Waals surface area contributed by atoms with Gasteiger partial charge in [0.25, 0.3) is 5.69 Å². The molecule has 20 heavy (non-hydrogen) atoms. The lowest BCUT2D eigenvalue weighted by Gasteiger charge is -2.08. The van der Waals surface area contributed by atoms with E-state index >= 15 is 0 Å². The summed E-state index contributed by atoms with van der Waals surface area (Å²) >= 11 is 0. The second-order valence-electron chi connectivity index (χ2n) is 4.41. The third-order valence-electron chi connectivity index (χ3n) is 3.21. The number of hydrogen-bond acceptors (Lipinski definition) is 5. The van der Waals surface area contributed by atoms with Gasteiger partial charge in [-0.2, -0.15) is 5.10 Å². The van der Waals surface area contributed by atoms with E-state index in [1.165, 1.54) is 12.4 Å². The van der Waals surface area contributed by atoms with Gasteiger partial charge in [0.05, 0.1) is 11.5 Å². The van der Waals surface area contributed by atoms with Gasteiger partial charge in [-0.1, -0.05) is 12.1 Å². The molecule has 0 radical (unpaired) electrons. The van der Waals surface area contributed by atoms with Crippen LogP contribution in [0.4, 0.5) is 5.69 Å². The van der Waals surface area contributed by atoms with E-state index < -0.39 is 0 Å². The molecule has 0 unspecified atom stereocenters. The van der Waals surface area contributed by atoms with Crippen LogP contribution < -0.4 is 5.32 Å². The van der Waals surface area contributed by atoms with Gasteiger partial charge in [-0.05, 0) is 19.4 Å². The van der Waals surface area contributed by atoms with Crippen LogP contribution in [0.2, 0.25) is 0 Å². The molecule has 2 aromatic rings. The van der Waals surface area contributed by atoms with Crippen molar-refractivity contribution in [1.29, 1.82) is 0 Å². The van der Waals surface area contributed by atoms with Crippen molar-refractivity contribution >= 4 is 5.69 Å². The van der Waals surface area contributed by atoms with Crippen molar-refractivity contribution in [1.82, 2.24) is 20.1 Å². The van der Waals surface area contributed by atoms with Gasteiger partial charge in [-0.3, -0.25) is 10.1 Å². The normalized spacial score (nSPS) is 10.7. The van der Waals surface area contributed by atoms with Crippen molar-refractivity contribution in [2.75, 3.05) is 0 Å². The molecule has 0 atom stereocenters. The SMILES string of the molecule is CCn1ncnc1CNCc1cccc([N+](=O)[O-])c1C. The van der Waals surface area contributed by atoms with Crippen LogP contribution in [0, 0.1) is 17.0 Å². The Morgan fingerprint density at radius 1 is 1.40 bits per heavy atom. The van der Waals surface area contributed by atoms with Crippen molar-refractivity contribution in [3.05, 3.63) is 51.6 Å². The average molecular weight is 275 g/mol. The van der Waals surface area contributed by atoms with Gasteiger partial charge >= 0.3 is 0 Å². The molecule has 0 fully saturated rings. The predicted molar refractivity (Wildman–Crippen MR) is 74.1 cm³/mol. The Labute approximate surface area is 116 Å². The lowest BCUT2D eigenvalue weighted by atomic mass is 10.1. The highest BCUT2D eigenvalue weighted by Crippen LogP contribution is 2.20. The molecule has 2 rings (SSSR count). The molecule has 0 spiro atoms. The topological polar surface area (TPSA) is 85.9 Å². The van der Waals surface area contributed by atoms with E-state index in [0.29, 0.717) is 18.7 Å². The number of aromatic nitrogens is 3. The van der Waals surface area contributed by atoms with Gasteiger partial charge in [-0.15, -0.1) is 0 Å². The summed E-state index contributed by atoms with van der Waals surface area (Å²) < 4.78 is 1.81. The lowest BCUT2D eigenvalue weighted by molar-refractivity contribution is -0.385. The van der Waals surface area contributed by atoms with Gasteiger partial charge in [0, 0.05) is 24.7 Å². The Morgan fingerprint density at radius 3 is 2.90 bits per heavy atom. The Morgan fingerprint density at radius 2 is 2.20 bits per heavy atom. The summed E-state index contributed by atoms with van der Waals surface area (Å²) in [5, 5.41) is 18.2. The van der Waals surface area contributed by atoms with Gasteiger partial charge in [-0.25, -0.2) is 9.67 Å². The summed E-state index contributed by atoms with van der Waals surface area (Å²) in [6.45, 7) is 5.68. The van der Waals surface area contributed by atoms with E-state index in [2.05, 4.69) is 15.4 Å². The third-order valence-corrected chi connectivity index (χ3v) is 3.21. The Kier molecular flexibility index (Phi) is 4.41. The summed E-state index contributed by atoms with van der Waals surface area (Å²) in [6.07, 6.45) is 1.53. The molecular weight excluding hydrogens is 258 g/mol. The van der Waals surface area contributed by atoms with Gasteiger partial charge in [0.2, 0.25) is 0 Å². The zero-order valence-corrected chi connectivity index (χ0v) is 11.5. The summed E-state index contributed by atoms with van der Waals surface area (Å²) in [5.41, 5.74) is 1.77. The summed E-state index contributed by atoms with van der Waals surface area (Å²) in [4.78, 5) is 14.7. The first-order chi connectivity index (χ1) is 9.63. The van der Waals surface area contributed by atoms with Crippen LogP contribution in [0.25, 0.3) is 0 Å². The first kappa shape index (κ1) is 14.1. The largest absolute Gasteiger partial charge is 0.306 e. The monoisotopic (exact) mass is 275 g/mol. The van der Waals surface area contributed by atoms with Crippen LogP contribution in [-0.2, 0) is 19.6 Å². The number of nitrogens with one attached hydrogen (secondary N) is 1. The van der Waals surface area contributed by atoms with Crippen LogP contribution in [0.15, 0.2) is 24.5 Å². The molecule has 1 aromatic carbocycles. The fraction of sp³-hybridized carbons (Fsp3) is 0.385. The number of nitro benzene ring substituents is 1. The van der Waals surface area contributed by atoms with E-state index in [0.717, 1.165) is 17.9 Å². The minimum Gasteiger partial charge on any atom is -0.306 e. The number of aryl methyl sites for hydroxylation is 1. The van der Waals surface area contributed by atoms with Crippen molar-refractivity contribution in [2.24, 2.45) is 0 Å². The first-order valence-corrected chi connectivity index (χ1v) is 6.43. The number of nitro groups is 1. The summed E-state index contributed by atoms with van der Waals surface area (Å²) in [5.74, 6) is 0.857. The smallest absolute Gasteiger partial charge is 0.272 e. The molecule has 106 valence electrons. The van der Waals surface area contributed by atoms with Gasteiger partial charge < -0.3 is 5.32 Å². The van der Waals surface area contributed by atoms with E-state index in [-0.39, 0.29) is 10.6 Å². The molecule has 0 saturated heterocycles. The molecule has 1 aromatic heterocycles. The van der Waals surface area contributed by atoms with E-state index in [1.807, 2.05) is 17.7 Å². The standard InChI is InChI=1S/C13H17N5O2/c1-3-17-13(15-9-16-17)8-14-7-11-5-4-6-12(10(11)2)18(19)20/h4-6,9,14H,3,7-8H2,1-2H3. The van der Waals surface area contributed by atoms with Crippen LogP contribution in [0.1, 0.15) is 23.9 Å². The number of rotatable bonds is 6. The van der Waals surface area contributed by atoms with E-state index in [4.69, 9.17) is 0 Å². The van der Waals surface area contributed by atoms with Crippen LogP contribution in [0.5, 0.6) is 0 Å². The molecule has 0 aliphatic rings. The van der Waals surface area contributed by atoms with Crippen LogP contribution in [-0.4, -0.2) is 19.7 Å². The Balaban J connectivity index is 2.01. The minimum absolute atomic E-state index is 0.154. The van der Waals surface area contributed by atoms with E-state index in [1.54, 1.807) is 13.0 Å². The van der Waals surface area contributed by atoms with Crippen molar-refractivity contribution in [3.8, 4) is 0 Å². The summed E-state index contributed by atoms with van der Waals surface area (Å²) in [6, 6.07) is 5.11. The Bertz CT molecular complexity index is 609. The molecule has 1 heterocycles. The van der Waals surface area contributed by atoms with Crippen LogP contribution in [0.3, 0.4) is 0 Å². The average Bonchev–Trinajstić information content (AvgIpc) is 2.88. The van der Waals surface area contributed by atoms with Gasteiger partial charge in [0.1, 0.15) is 12.2 Å². The zero-order chi connectivity index (χ0) is 14.5. The molecular formula is C13H17N5O2. The number of hydrogen-bond donors (Lipinski definition) is 1. The second kappa shape index (κ2) is 6.25. The quantitative estimate of drug-likeness (QED) is 0.641. The highest BCUT2D eigenvalue weighted by atomic mass is 16.6. The second-order valence-corrected chi connectivity index (χ2v) is 4.41. The highest BCUT2D eigenvalue weighted by molar-refractivity contribution is 5.44. The van der Waals surface area contributed by atoms with Gasteiger partial charge in [0.15, 0.2) is 0 Å². The maximum absolute atomic E-state index is 10.9. The Hall–Kier alpha value is -2.28. The van der Waals surface area contributed by atoms with Crippen molar-refractivity contribution in [2.45, 2.75) is 33.5 Å². The summed E-state index contributed by atoms with van der Waals surface area (Å²) in [7, 11) is 0. The molecule has 0 aliphatic carbocycles. The lowest BCUT2D eigenvalue weighted by Crippen LogP contribution is -2.17.